The van der Waals surface area contributed by atoms with Crippen molar-refractivity contribution in [3.63, 3.8) is 0 Å². The molecule has 0 saturated carbocycles. The predicted molar refractivity (Wildman–Crippen MR) is 54.1 cm³/mol. The van der Waals surface area contributed by atoms with Crippen LogP contribution in [0.5, 0.6) is 0 Å². The van der Waals surface area contributed by atoms with Gasteiger partial charge in [0, 0.05) is 26.2 Å². The topological polar surface area (TPSA) is 99.2 Å². The van der Waals surface area contributed by atoms with Crippen LogP contribution in [0.25, 0.3) is 0 Å². The SMILES string of the molecule is CP(C)(=O)OCOC(=O)ON1C(=O)CCC1=O. The van der Waals surface area contributed by atoms with Gasteiger partial charge in [-0.1, -0.05) is 5.06 Å². The number of ether oxygens (including phenoxy) is 1. The van der Waals surface area contributed by atoms with Crippen molar-refractivity contribution in [2.75, 3.05) is 20.1 Å². The Kier molecular flexibility index (Phi) is 4.25. The van der Waals surface area contributed by atoms with Crippen LogP contribution in [0.1, 0.15) is 12.8 Å². The van der Waals surface area contributed by atoms with E-state index in [0.29, 0.717) is 5.06 Å². The summed E-state index contributed by atoms with van der Waals surface area (Å²) in [7, 11) is -2.76. The lowest BCUT2D eigenvalue weighted by Gasteiger charge is -2.13. The Hall–Kier alpha value is -1.40. The summed E-state index contributed by atoms with van der Waals surface area (Å²) in [4.78, 5) is 37.5. The van der Waals surface area contributed by atoms with Crippen LogP contribution >= 0.6 is 7.37 Å². The molecular weight excluding hydrogens is 253 g/mol. The predicted octanol–water partition coefficient (Wildman–Crippen LogP) is 0.715. The molecule has 1 rings (SSSR count). The van der Waals surface area contributed by atoms with Crippen LogP contribution in [0.2, 0.25) is 0 Å². The van der Waals surface area contributed by atoms with Gasteiger partial charge in [-0.2, -0.15) is 0 Å². The van der Waals surface area contributed by atoms with E-state index in [1.165, 1.54) is 13.3 Å². The molecule has 0 aromatic carbocycles. The Labute approximate surface area is 97.2 Å². The third-order valence-corrected chi connectivity index (χ3v) is 2.44. The second kappa shape index (κ2) is 5.29. The molecule has 0 aromatic heterocycles. The van der Waals surface area contributed by atoms with Crippen molar-refractivity contribution in [2.45, 2.75) is 12.8 Å². The first kappa shape index (κ1) is 13.7. The molecule has 0 atom stereocenters. The quantitative estimate of drug-likeness (QED) is 0.319. The number of rotatable bonds is 4. The van der Waals surface area contributed by atoms with Gasteiger partial charge in [-0.25, -0.2) is 4.79 Å². The average Bonchev–Trinajstić information content (AvgIpc) is 2.47. The molecule has 1 aliphatic heterocycles. The van der Waals surface area contributed by atoms with E-state index in [9.17, 15) is 18.9 Å². The third kappa shape index (κ3) is 4.54. The summed E-state index contributed by atoms with van der Waals surface area (Å²) >= 11 is 0. The number of nitrogens with zero attached hydrogens (tertiary/aromatic N) is 1. The van der Waals surface area contributed by atoms with Gasteiger partial charge >= 0.3 is 6.16 Å². The van der Waals surface area contributed by atoms with E-state index < -0.39 is 32.1 Å². The highest BCUT2D eigenvalue weighted by Crippen LogP contribution is 2.36. The van der Waals surface area contributed by atoms with Crippen LogP contribution in [0.15, 0.2) is 0 Å². The van der Waals surface area contributed by atoms with Crippen molar-refractivity contribution in [1.29, 1.82) is 0 Å². The zero-order valence-electron chi connectivity index (χ0n) is 9.37. The monoisotopic (exact) mass is 265 g/mol. The van der Waals surface area contributed by atoms with E-state index >= 15 is 0 Å². The minimum absolute atomic E-state index is 0.00172. The van der Waals surface area contributed by atoms with Crippen molar-refractivity contribution < 1.29 is 33.0 Å². The largest absolute Gasteiger partial charge is 0.536 e. The summed E-state index contributed by atoms with van der Waals surface area (Å²) in [6.07, 6.45) is -1.26. The fourth-order valence-electron chi connectivity index (χ4n) is 0.960. The van der Waals surface area contributed by atoms with Crippen molar-refractivity contribution in [3.8, 4) is 0 Å². The Balaban J connectivity index is 2.32. The van der Waals surface area contributed by atoms with Crippen molar-refractivity contribution in [3.05, 3.63) is 0 Å². The lowest BCUT2D eigenvalue weighted by atomic mass is 10.4. The Morgan fingerprint density at radius 2 is 1.82 bits per heavy atom. The number of hydrogen-bond donors (Lipinski definition) is 0. The summed E-state index contributed by atoms with van der Waals surface area (Å²) in [6.45, 7) is 2.11. The maximum absolute atomic E-state index is 11.1. The van der Waals surface area contributed by atoms with Crippen LogP contribution in [-0.2, 0) is 28.3 Å². The molecule has 0 N–H and O–H groups in total. The summed E-state index contributed by atoms with van der Waals surface area (Å²) in [5.41, 5.74) is 0. The summed E-state index contributed by atoms with van der Waals surface area (Å²) in [6, 6.07) is 0. The molecule has 8 nitrogen and oxygen atoms in total. The van der Waals surface area contributed by atoms with Crippen LogP contribution in [0, 0.1) is 0 Å². The molecule has 17 heavy (non-hydrogen) atoms. The molecule has 9 heteroatoms. The molecular formula is C8H12NO7P. The maximum Gasteiger partial charge on any atom is 0.536 e. The Morgan fingerprint density at radius 1 is 1.29 bits per heavy atom. The molecule has 1 saturated heterocycles. The molecule has 0 aliphatic carbocycles. The summed E-state index contributed by atoms with van der Waals surface area (Å²) < 4.78 is 20.1. The first-order chi connectivity index (χ1) is 7.79. The van der Waals surface area contributed by atoms with Crippen LogP contribution in [0.3, 0.4) is 0 Å². The smallest absolute Gasteiger partial charge is 0.405 e. The molecule has 0 radical (unpaired) electrons. The van der Waals surface area contributed by atoms with Gasteiger partial charge in [0.05, 0.1) is 0 Å². The molecule has 2 amide bonds. The van der Waals surface area contributed by atoms with E-state index in [0.717, 1.165) is 0 Å². The Morgan fingerprint density at radius 3 is 2.29 bits per heavy atom. The maximum atomic E-state index is 11.1. The van der Waals surface area contributed by atoms with Gasteiger partial charge in [-0.05, 0) is 0 Å². The molecule has 0 unspecified atom stereocenters. The molecule has 1 fully saturated rings. The first-order valence-electron chi connectivity index (χ1n) is 4.69. The van der Waals surface area contributed by atoms with E-state index in [1.54, 1.807) is 0 Å². The zero-order chi connectivity index (χ0) is 13.1. The summed E-state index contributed by atoms with van der Waals surface area (Å²) in [5, 5.41) is 0.347. The van der Waals surface area contributed by atoms with Crippen molar-refractivity contribution in [2.24, 2.45) is 0 Å². The van der Waals surface area contributed by atoms with E-state index in [4.69, 9.17) is 0 Å². The van der Waals surface area contributed by atoms with Gasteiger partial charge in [0.15, 0.2) is 7.37 Å². The van der Waals surface area contributed by atoms with Crippen molar-refractivity contribution in [1.82, 2.24) is 5.06 Å². The number of hydroxylamine groups is 2. The minimum atomic E-state index is -2.76. The number of carbonyl (C=O) groups excluding carboxylic acids is 3. The van der Waals surface area contributed by atoms with Crippen LogP contribution < -0.4 is 0 Å². The van der Waals surface area contributed by atoms with Gasteiger partial charge in [0.25, 0.3) is 11.8 Å². The molecule has 1 heterocycles. The number of amides is 2. The van der Waals surface area contributed by atoms with Gasteiger partial charge in [-0.15, -0.1) is 0 Å². The highest BCUT2D eigenvalue weighted by Gasteiger charge is 2.33. The van der Waals surface area contributed by atoms with E-state index in [1.807, 2.05) is 0 Å². The number of hydrogen-bond acceptors (Lipinski definition) is 7. The fourth-order valence-corrected chi connectivity index (χ4v) is 1.27. The van der Waals surface area contributed by atoms with Crippen molar-refractivity contribution >= 4 is 25.3 Å². The van der Waals surface area contributed by atoms with Gasteiger partial charge in [-0.3, -0.25) is 23.5 Å². The molecule has 0 aromatic rings. The lowest BCUT2D eigenvalue weighted by molar-refractivity contribution is -0.178. The minimum Gasteiger partial charge on any atom is -0.405 e. The van der Waals surface area contributed by atoms with Crippen LogP contribution in [-0.4, -0.2) is 43.2 Å². The lowest BCUT2D eigenvalue weighted by Crippen LogP contribution is -2.32. The standard InChI is InChI=1S/C8H12NO7P/c1-17(2,13)15-5-14-8(12)16-9-6(10)3-4-7(9)11/h3-5H2,1-2H3. The van der Waals surface area contributed by atoms with Gasteiger partial charge < -0.3 is 4.74 Å². The Bertz CT molecular complexity index is 371. The van der Waals surface area contributed by atoms with E-state index in [2.05, 4.69) is 14.1 Å². The van der Waals surface area contributed by atoms with Crippen LogP contribution in [0.4, 0.5) is 4.79 Å². The summed E-state index contributed by atoms with van der Waals surface area (Å²) in [5.74, 6) is -1.21. The molecule has 0 spiro atoms. The number of carbonyl (C=O) groups is 3. The normalized spacial score (nSPS) is 16.2. The average molecular weight is 265 g/mol. The fraction of sp³-hybridized carbons (Fsp3) is 0.625. The second-order valence-electron chi connectivity index (χ2n) is 3.57. The first-order valence-corrected chi connectivity index (χ1v) is 7.21. The molecule has 1 aliphatic rings. The van der Waals surface area contributed by atoms with Gasteiger partial charge in [0.1, 0.15) is 0 Å². The third-order valence-electron chi connectivity index (χ3n) is 1.71. The number of imide groups is 1. The second-order valence-corrected chi connectivity index (χ2v) is 6.33. The van der Waals surface area contributed by atoms with Gasteiger partial charge in [0.2, 0.25) is 6.79 Å². The van der Waals surface area contributed by atoms with E-state index in [-0.39, 0.29) is 12.8 Å². The molecule has 0 bridgehead atoms. The highest BCUT2D eigenvalue weighted by atomic mass is 31.2. The highest BCUT2D eigenvalue weighted by molar-refractivity contribution is 7.57. The zero-order valence-corrected chi connectivity index (χ0v) is 10.3. The molecule has 96 valence electrons.